The highest BCUT2D eigenvalue weighted by molar-refractivity contribution is 5.92. The van der Waals surface area contributed by atoms with Crippen LogP contribution in [0.25, 0.3) is 0 Å². The number of hydrogen-bond acceptors (Lipinski definition) is 3. The van der Waals surface area contributed by atoms with Crippen molar-refractivity contribution >= 4 is 11.9 Å². The van der Waals surface area contributed by atoms with Crippen molar-refractivity contribution in [1.82, 2.24) is 4.90 Å². The standard InChI is InChI=1S/C15H17NO3/c1-2-13-10-14(17)8-9-16(13)15(18)19-11-12-6-4-3-5-7-12/h3-9,13H,2,10-11H2,1H3/t13-/m1/s1. The van der Waals surface area contributed by atoms with E-state index in [1.54, 1.807) is 0 Å². The second kappa shape index (κ2) is 6.18. The van der Waals surface area contributed by atoms with Crippen LogP contribution in [-0.4, -0.2) is 22.8 Å². The number of rotatable bonds is 3. The maximum Gasteiger partial charge on any atom is 0.414 e. The highest BCUT2D eigenvalue weighted by Crippen LogP contribution is 2.17. The van der Waals surface area contributed by atoms with Gasteiger partial charge in [0.25, 0.3) is 0 Å². The molecule has 0 spiro atoms. The molecule has 1 aromatic rings. The first-order valence-corrected chi connectivity index (χ1v) is 6.40. The van der Waals surface area contributed by atoms with Crippen LogP contribution in [0.15, 0.2) is 42.6 Å². The zero-order chi connectivity index (χ0) is 13.7. The molecule has 1 aromatic carbocycles. The molecule has 0 aliphatic carbocycles. The lowest BCUT2D eigenvalue weighted by atomic mass is 10.0. The Morgan fingerprint density at radius 3 is 2.79 bits per heavy atom. The van der Waals surface area contributed by atoms with Gasteiger partial charge in [0.15, 0.2) is 5.78 Å². The molecule has 0 fully saturated rings. The van der Waals surface area contributed by atoms with Gasteiger partial charge in [-0.2, -0.15) is 0 Å². The molecule has 4 heteroatoms. The fraction of sp³-hybridized carbons (Fsp3) is 0.333. The summed E-state index contributed by atoms with van der Waals surface area (Å²) in [4.78, 5) is 24.8. The molecule has 100 valence electrons. The van der Waals surface area contributed by atoms with Crippen LogP contribution in [0.2, 0.25) is 0 Å². The van der Waals surface area contributed by atoms with Gasteiger partial charge in [-0.1, -0.05) is 37.3 Å². The van der Waals surface area contributed by atoms with Gasteiger partial charge in [0.1, 0.15) is 6.61 Å². The second-order valence-corrected chi connectivity index (χ2v) is 4.50. The van der Waals surface area contributed by atoms with E-state index in [0.29, 0.717) is 6.42 Å². The largest absolute Gasteiger partial charge is 0.444 e. The Kier molecular flexibility index (Phi) is 4.34. The molecule has 0 saturated heterocycles. The molecule has 1 amide bonds. The molecule has 0 unspecified atom stereocenters. The normalized spacial score (nSPS) is 18.5. The molecular weight excluding hydrogens is 242 g/mol. The molecule has 1 aliphatic heterocycles. The van der Waals surface area contributed by atoms with E-state index in [-0.39, 0.29) is 18.4 Å². The van der Waals surface area contributed by atoms with Gasteiger partial charge >= 0.3 is 6.09 Å². The summed E-state index contributed by atoms with van der Waals surface area (Å²) < 4.78 is 5.26. The van der Waals surface area contributed by atoms with Gasteiger partial charge in [-0.15, -0.1) is 0 Å². The third kappa shape index (κ3) is 3.44. The van der Waals surface area contributed by atoms with Crippen LogP contribution in [-0.2, 0) is 16.1 Å². The van der Waals surface area contributed by atoms with Crippen LogP contribution in [0, 0.1) is 0 Å². The molecule has 0 aromatic heterocycles. The third-order valence-electron chi connectivity index (χ3n) is 3.14. The smallest absolute Gasteiger partial charge is 0.414 e. The maximum absolute atomic E-state index is 12.0. The monoisotopic (exact) mass is 259 g/mol. The number of carbonyl (C=O) groups excluding carboxylic acids is 2. The van der Waals surface area contributed by atoms with Crippen molar-refractivity contribution in [2.45, 2.75) is 32.4 Å². The molecule has 1 aliphatic rings. The van der Waals surface area contributed by atoms with Crippen LogP contribution in [0.4, 0.5) is 4.79 Å². The molecule has 1 atom stereocenters. The summed E-state index contributed by atoms with van der Waals surface area (Å²) in [6.45, 7) is 2.20. The van der Waals surface area contributed by atoms with Gasteiger partial charge in [0.2, 0.25) is 0 Å². The van der Waals surface area contributed by atoms with E-state index in [4.69, 9.17) is 4.74 Å². The van der Waals surface area contributed by atoms with E-state index in [9.17, 15) is 9.59 Å². The first kappa shape index (κ1) is 13.3. The van der Waals surface area contributed by atoms with Gasteiger partial charge in [-0.25, -0.2) is 4.79 Å². The molecular formula is C15H17NO3. The Morgan fingerprint density at radius 1 is 1.37 bits per heavy atom. The highest BCUT2D eigenvalue weighted by Gasteiger charge is 2.26. The summed E-state index contributed by atoms with van der Waals surface area (Å²) in [6, 6.07) is 9.42. The van der Waals surface area contributed by atoms with Gasteiger partial charge in [0, 0.05) is 18.7 Å². The Morgan fingerprint density at radius 2 is 2.11 bits per heavy atom. The van der Waals surface area contributed by atoms with Crippen molar-refractivity contribution in [3.63, 3.8) is 0 Å². The summed E-state index contributed by atoms with van der Waals surface area (Å²) in [7, 11) is 0. The summed E-state index contributed by atoms with van der Waals surface area (Å²) >= 11 is 0. The van der Waals surface area contributed by atoms with Crippen molar-refractivity contribution in [2.24, 2.45) is 0 Å². The average Bonchev–Trinajstić information content (AvgIpc) is 2.45. The van der Waals surface area contributed by atoms with Crippen LogP contribution in [0.5, 0.6) is 0 Å². The first-order chi connectivity index (χ1) is 9.20. The molecule has 1 heterocycles. The molecule has 4 nitrogen and oxygen atoms in total. The van der Waals surface area contributed by atoms with E-state index in [0.717, 1.165) is 12.0 Å². The number of amides is 1. The number of carbonyl (C=O) groups is 2. The topological polar surface area (TPSA) is 46.6 Å². The lowest BCUT2D eigenvalue weighted by Crippen LogP contribution is -2.39. The second-order valence-electron chi connectivity index (χ2n) is 4.50. The van der Waals surface area contributed by atoms with Crippen molar-refractivity contribution in [2.75, 3.05) is 0 Å². The van der Waals surface area contributed by atoms with Crippen molar-refractivity contribution < 1.29 is 14.3 Å². The minimum absolute atomic E-state index is 0.0546. The zero-order valence-corrected chi connectivity index (χ0v) is 10.9. The van der Waals surface area contributed by atoms with Gasteiger partial charge in [0.05, 0.1) is 0 Å². The minimum atomic E-state index is -0.403. The molecule has 0 radical (unpaired) electrons. The van der Waals surface area contributed by atoms with Crippen LogP contribution < -0.4 is 0 Å². The minimum Gasteiger partial charge on any atom is -0.444 e. The Labute approximate surface area is 112 Å². The Hall–Kier alpha value is -2.10. The zero-order valence-electron chi connectivity index (χ0n) is 10.9. The lowest BCUT2D eigenvalue weighted by molar-refractivity contribution is -0.116. The average molecular weight is 259 g/mol. The number of ether oxygens (including phenoxy) is 1. The van der Waals surface area contributed by atoms with Crippen molar-refractivity contribution in [3.05, 3.63) is 48.2 Å². The number of allylic oxidation sites excluding steroid dienone is 1. The van der Waals surface area contributed by atoms with E-state index in [1.807, 2.05) is 37.3 Å². The quantitative estimate of drug-likeness (QED) is 0.838. The van der Waals surface area contributed by atoms with Gasteiger partial charge in [-0.05, 0) is 18.1 Å². The van der Waals surface area contributed by atoms with Crippen LogP contribution in [0.1, 0.15) is 25.3 Å². The molecule has 19 heavy (non-hydrogen) atoms. The summed E-state index contributed by atoms with van der Waals surface area (Å²) in [5, 5.41) is 0. The lowest BCUT2D eigenvalue weighted by Gasteiger charge is -2.29. The summed E-state index contributed by atoms with van der Waals surface area (Å²) in [5.41, 5.74) is 0.945. The first-order valence-electron chi connectivity index (χ1n) is 6.40. The van der Waals surface area contributed by atoms with Crippen LogP contribution >= 0.6 is 0 Å². The summed E-state index contributed by atoms with van der Waals surface area (Å²) in [5.74, 6) is 0.0546. The Balaban J connectivity index is 1.95. The highest BCUT2D eigenvalue weighted by atomic mass is 16.6. The van der Waals surface area contributed by atoms with Crippen molar-refractivity contribution in [3.8, 4) is 0 Å². The fourth-order valence-electron chi connectivity index (χ4n) is 2.03. The van der Waals surface area contributed by atoms with Gasteiger partial charge < -0.3 is 4.74 Å². The van der Waals surface area contributed by atoms with E-state index in [2.05, 4.69) is 0 Å². The third-order valence-corrected chi connectivity index (χ3v) is 3.14. The fourth-order valence-corrected chi connectivity index (χ4v) is 2.03. The SMILES string of the molecule is CC[C@@H]1CC(=O)C=CN1C(=O)OCc1ccccc1. The molecule has 0 N–H and O–H groups in total. The molecule has 0 saturated carbocycles. The maximum atomic E-state index is 12.0. The molecule has 0 bridgehead atoms. The van der Waals surface area contributed by atoms with Gasteiger partial charge in [-0.3, -0.25) is 9.69 Å². The Bertz CT molecular complexity index is 481. The van der Waals surface area contributed by atoms with Crippen LogP contribution in [0.3, 0.4) is 0 Å². The number of hydrogen-bond donors (Lipinski definition) is 0. The van der Waals surface area contributed by atoms with E-state index < -0.39 is 6.09 Å². The van der Waals surface area contributed by atoms with Crippen molar-refractivity contribution in [1.29, 1.82) is 0 Å². The number of benzene rings is 1. The predicted octanol–water partition coefficient (Wildman–Crippen LogP) is 2.89. The number of ketones is 1. The number of nitrogens with zero attached hydrogens (tertiary/aromatic N) is 1. The van der Waals surface area contributed by atoms with E-state index in [1.165, 1.54) is 17.2 Å². The van der Waals surface area contributed by atoms with E-state index >= 15 is 0 Å². The summed E-state index contributed by atoms with van der Waals surface area (Å²) in [6.07, 6.45) is 3.65. The predicted molar refractivity (Wildman–Crippen MR) is 71.3 cm³/mol. The molecule has 2 rings (SSSR count).